The van der Waals surface area contributed by atoms with Crippen LogP contribution in [0, 0.1) is 11.3 Å². The van der Waals surface area contributed by atoms with Gasteiger partial charge >= 0.3 is 11.9 Å². The molecule has 2 unspecified atom stereocenters. The number of ether oxygens (including phenoxy) is 3. The number of hydrogen-bond donors (Lipinski definition) is 3. The number of esters is 1. The summed E-state index contributed by atoms with van der Waals surface area (Å²) in [6, 6.07) is 9.96. The third kappa shape index (κ3) is 7.41. The van der Waals surface area contributed by atoms with Crippen molar-refractivity contribution >= 4 is 29.4 Å². The van der Waals surface area contributed by atoms with E-state index in [0.29, 0.717) is 54.3 Å². The minimum atomic E-state index is -1.31. The van der Waals surface area contributed by atoms with Gasteiger partial charge in [0.2, 0.25) is 5.91 Å². The van der Waals surface area contributed by atoms with Crippen molar-refractivity contribution in [3.8, 4) is 17.2 Å². The molecule has 1 saturated heterocycles. The summed E-state index contributed by atoms with van der Waals surface area (Å²) in [4.78, 5) is 41.3. The van der Waals surface area contributed by atoms with E-state index in [1.807, 2.05) is 12.1 Å². The van der Waals surface area contributed by atoms with E-state index in [4.69, 9.17) is 30.9 Å². The summed E-state index contributed by atoms with van der Waals surface area (Å²) in [5.74, 6) is -0.340. The van der Waals surface area contributed by atoms with Crippen LogP contribution in [0.1, 0.15) is 48.9 Å². The van der Waals surface area contributed by atoms with E-state index >= 15 is 0 Å². The lowest BCUT2D eigenvalue weighted by Crippen LogP contribution is -2.46. The van der Waals surface area contributed by atoms with Crippen LogP contribution in [0.2, 0.25) is 0 Å². The molecule has 0 radical (unpaired) electrons. The van der Waals surface area contributed by atoms with Gasteiger partial charge in [-0.3, -0.25) is 19.3 Å². The van der Waals surface area contributed by atoms with Gasteiger partial charge in [0.15, 0.2) is 11.5 Å². The van der Waals surface area contributed by atoms with Crippen LogP contribution in [0.3, 0.4) is 0 Å². The third-order valence-electron chi connectivity index (χ3n) is 8.33. The molecular weight excluding hydrogens is 580 g/mol. The Kier molecular flexibility index (Phi) is 10.5. The van der Waals surface area contributed by atoms with Crippen molar-refractivity contribution in [3.05, 3.63) is 53.1 Å². The Hall–Kier alpha value is -3.38. The number of methoxy groups -OCH3 is 2. The second-order valence-electron chi connectivity index (χ2n) is 11.5. The van der Waals surface area contributed by atoms with Crippen LogP contribution in [0.15, 0.2) is 36.4 Å². The number of nitrogens with zero attached hydrogens (tertiary/aromatic N) is 2. The lowest BCUT2D eigenvalue weighted by atomic mass is 9.83. The number of hydrogen-bond acceptors (Lipinski definition) is 9. The molecule has 2 heterocycles. The van der Waals surface area contributed by atoms with Crippen LogP contribution in [-0.2, 0) is 20.8 Å². The first-order valence-corrected chi connectivity index (χ1v) is 14.6. The summed E-state index contributed by atoms with van der Waals surface area (Å²) in [6.45, 7) is 1.88. The number of fused-ring (bicyclic) bond motifs is 1. The smallest absolute Gasteiger partial charge is 0.325 e. The average Bonchev–Trinajstić information content (AvgIpc) is 3.11. The molecule has 0 aliphatic carbocycles. The minimum absolute atomic E-state index is 0.0184. The second-order valence-corrected chi connectivity index (χ2v) is 11.9. The molecular formula is C31H39ClN2O9. The topological polar surface area (TPSA) is 146 Å². The Morgan fingerprint density at radius 3 is 2.47 bits per heavy atom. The van der Waals surface area contributed by atoms with Gasteiger partial charge in [-0.05, 0) is 42.9 Å². The van der Waals surface area contributed by atoms with E-state index in [-0.39, 0.29) is 44.4 Å². The molecule has 1 amide bonds. The Morgan fingerprint density at radius 2 is 1.86 bits per heavy atom. The molecule has 0 saturated carbocycles. The second kappa shape index (κ2) is 13.9. The van der Waals surface area contributed by atoms with Crippen molar-refractivity contribution in [2.75, 3.05) is 47.0 Å². The first-order chi connectivity index (χ1) is 20.5. The van der Waals surface area contributed by atoms with Gasteiger partial charge in [0.25, 0.3) is 0 Å². The van der Waals surface area contributed by atoms with E-state index in [1.165, 1.54) is 14.2 Å². The Morgan fingerprint density at radius 1 is 1.14 bits per heavy atom. The SMILES string of the molecule is COc1cccc([C@@H]2c3cc(CC(C)(CO)C(O)Cl)ccc3OC(=O)CN2CC(=O)N2CCC(CC(=O)O)CC2)c1OC. The highest BCUT2D eigenvalue weighted by Crippen LogP contribution is 2.44. The molecule has 4 rings (SSSR count). The summed E-state index contributed by atoms with van der Waals surface area (Å²) in [5.41, 5.74) is -0.382. The fourth-order valence-corrected chi connectivity index (χ4v) is 6.00. The van der Waals surface area contributed by atoms with Crippen LogP contribution in [0.4, 0.5) is 0 Å². The molecule has 1 fully saturated rings. The summed E-state index contributed by atoms with van der Waals surface area (Å²) >= 11 is 6.03. The highest BCUT2D eigenvalue weighted by atomic mass is 35.5. The molecule has 234 valence electrons. The molecule has 12 heteroatoms. The number of aliphatic hydroxyl groups excluding tert-OH is 2. The zero-order valence-electron chi connectivity index (χ0n) is 24.6. The van der Waals surface area contributed by atoms with Gasteiger partial charge in [-0.1, -0.05) is 42.8 Å². The summed E-state index contributed by atoms with van der Waals surface area (Å²) < 4.78 is 17.1. The summed E-state index contributed by atoms with van der Waals surface area (Å²) in [5, 5.41) is 29.3. The van der Waals surface area contributed by atoms with Crippen LogP contribution in [0.5, 0.6) is 17.2 Å². The van der Waals surface area contributed by atoms with Crippen molar-refractivity contribution in [3.63, 3.8) is 0 Å². The van der Waals surface area contributed by atoms with Crippen molar-refractivity contribution in [1.29, 1.82) is 0 Å². The van der Waals surface area contributed by atoms with Gasteiger partial charge in [0.05, 0.1) is 40.0 Å². The van der Waals surface area contributed by atoms with Crippen LogP contribution >= 0.6 is 11.6 Å². The monoisotopic (exact) mass is 618 g/mol. The number of carboxylic acids is 1. The molecule has 0 aromatic heterocycles. The molecule has 0 bridgehead atoms. The van der Waals surface area contributed by atoms with Gasteiger partial charge in [-0.25, -0.2) is 0 Å². The quantitative estimate of drug-likeness (QED) is 0.195. The number of aliphatic hydroxyl groups is 2. The molecule has 2 aliphatic rings. The van der Waals surface area contributed by atoms with E-state index < -0.39 is 29.0 Å². The number of benzene rings is 2. The Balaban J connectivity index is 1.75. The number of halogens is 1. The number of amides is 1. The average molecular weight is 619 g/mol. The maximum absolute atomic E-state index is 13.6. The number of rotatable bonds is 11. The summed E-state index contributed by atoms with van der Waals surface area (Å²) in [6.07, 6.45) is 1.49. The molecule has 3 atom stereocenters. The summed E-state index contributed by atoms with van der Waals surface area (Å²) in [7, 11) is 3.04. The largest absolute Gasteiger partial charge is 0.493 e. The van der Waals surface area contributed by atoms with Crippen molar-refractivity contribution in [1.82, 2.24) is 9.80 Å². The molecule has 11 nitrogen and oxygen atoms in total. The third-order valence-corrected chi connectivity index (χ3v) is 8.86. The lowest BCUT2D eigenvalue weighted by Gasteiger charge is -2.35. The highest BCUT2D eigenvalue weighted by molar-refractivity contribution is 6.20. The molecule has 3 N–H and O–H groups in total. The van der Waals surface area contributed by atoms with E-state index in [9.17, 15) is 24.6 Å². The van der Waals surface area contributed by atoms with Gasteiger partial charge in [-0.15, -0.1) is 0 Å². The molecule has 2 aromatic rings. The fraction of sp³-hybridized carbons (Fsp3) is 0.516. The lowest BCUT2D eigenvalue weighted by molar-refractivity contribution is -0.139. The number of carbonyl (C=O) groups is 3. The van der Waals surface area contributed by atoms with Crippen LogP contribution in [-0.4, -0.2) is 95.5 Å². The number of carboxylic acid groups (broad SMARTS) is 1. The maximum atomic E-state index is 13.6. The number of aliphatic carboxylic acids is 1. The first kappa shape index (κ1) is 32.5. The molecule has 0 spiro atoms. The Bertz CT molecular complexity index is 1330. The minimum Gasteiger partial charge on any atom is -0.493 e. The van der Waals surface area contributed by atoms with Gasteiger partial charge in [0, 0.05) is 36.1 Å². The number of para-hydroxylation sites is 1. The van der Waals surface area contributed by atoms with Crippen LogP contribution in [0.25, 0.3) is 0 Å². The van der Waals surface area contributed by atoms with Gasteiger partial charge in [0.1, 0.15) is 11.3 Å². The molecule has 2 aromatic carbocycles. The van der Waals surface area contributed by atoms with Gasteiger partial charge < -0.3 is 34.4 Å². The van der Waals surface area contributed by atoms with E-state index in [0.717, 1.165) is 5.56 Å². The van der Waals surface area contributed by atoms with Crippen molar-refractivity contribution in [2.45, 2.75) is 44.2 Å². The Labute approximate surface area is 255 Å². The predicted octanol–water partition coefficient (Wildman–Crippen LogP) is 2.83. The predicted molar refractivity (Wildman–Crippen MR) is 157 cm³/mol. The van der Waals surface area contributed by atoms with Crippen molar-refractivity contribution in [2.24, 2.45) is 11.3 Å². The fourth-order valence-electron chi connectivity index (χ4n) is 5.85. The van der Waals surface area contributed by atoms with E-state index in [2.05, 4.69) is 0 Å². The molecule has 2 aliphatic heterocycles. The first-order valence-electron chi connectivity index (χ1n) is 14.2. The standard InChI is InChI=1S/C31H39ClN2O9/c1-31(18-35,30(32)40)15-20-7-8-23-22(13-20)28(21-5-4-6-24(41-2)29(21)42-3)34(17-27(39)43-23)16-25(36)33-11-9-19(10-12-33)14-26(37)38/h4-8,13,19,28,30,35,40H,9-12,14-18H2,1-3H3,(H,37,38)/t28-,30?,31?/m1/s1. The maximum Gasteiger partial charge on any atom is 0.325 e. The van der Waals surface area contributed by atoms with E-state index in [1.54, 1.807) is 41.0 Å². The normalized spacial score (nSPS) is 19.9. The number of piperidine rings is 1. The number of alkyl halides is 1. The van der Waals surface area contributed by atoms with Crippen molar-refractivity contribution < 1.29 is 43.9 Å². The number of carbonyl (C=O) groups excluding carboxylic acids is 2. The van der Waals surface area contributed by atoms with Crippen LogP contribution < -0.4 is 14.2 Å². The van der Waals surface area contributed by atoms with Gasteiger partial charge in [-0.2, -0.15) is 0 Å². The molecule has 43 heavy (non-hydrogen) atoms. The number of likely N-dealkylation sites (tertiary alicyclic amines) is 1. The highest BCUT2D eigenvalue weighted by Gasteiger charge is 2.38. The zero-order valence-corrected chi connectivity index (χ0v) is 25.4. The zero-order chi connectivity index (χ0) is 31.3.